The van der Waals surface area contributed by atoms with E-state index in [1.165, 1.54) is 18.4 Å². The first-order chi connectivity index (χ1) is 8.13. The summed E-state index contributed by atoms with van der Waals surface area (Å²) in [5, 5.41) is 0.649. The van der Waals surface area contributed by atoms with E-state index in [9.17, 15) is 9.18 Å². The predicted octanol–water partition coefficient (Wildman–Crippen LogP) is 3.24. The van der Waals surface area contributed by atoms with Gasteiger partial charge in [-0.05, 0) is 32.0 Å². The molecule has 0 saturated carbocycles. The summed E-state index contributed by atoms with van der Waals surface area (Å²) in [6.07, 6.45) is 1.48. The van der Waals surface area contributed by atoms with Crippen molar-refractivity contribution >= 4 is 16.9 Å². The SMILES string of the molecule is CCOC(=O)C(C)c1cc(F)cc2ccoc12. The smallest absolute Gasteiger partial charge is 0.313 e. The van der Waals surface area contributed by atoms with Gasteiger partial charge in [-0.2, -0.15) is 0 Å². The molecule has 0 radical (unpaired) electrons. The summed E-state index contributed by atoms with van der Waals surface area (Å²) in [5.41, 5.74) is 1.05. The number of rotatable bonds is 3. The fourth-order valence-electron chi connectivity index (χ4n) is 1.79. The van der Waals surface area contributed by atoms with E-state index < -0.39 is 5.92 Å². The van der Waals surface area contributed by atoms with Crippen LogP contribution in [0.25, 0.3) is 11.0 Å². The largest absolute Gasteiger partial charge is 0.466 e. The van der Waals surface area contributed by atoms with Crippen molar-refractivity contribution < 1.29 is 18.3 Å². The van der Waals surface area contributed by atoms with E-state index in [1.54, 1.807) is 19.9 Å². The number of benzene rings is 1. The molecular weight excluding hydrogens is 223 g/mol. The molecule has 0 fully saturated rings. The van der Waals surface area contributed by atoms with Gasteiger partial charge in [0.25, 0.3) is 0 Å². The predicted molar refractivity (Wildman–Crippen MR) is 61.2 cm³/mol. The van der Waals surface area contributed by atoms with Crippen molar-refractivity contribution in [2.45, 2.75) is 19.8 Å². The molecule has 1 unspecified atom stereocenters. The molecule has 1 atom stereocenters. The summed E-state index contributed by atoms with van der Waals surface area (Å²) in [4.78, 5) is 11.6. The average molecular weight is 236 g/mol. The van der Waals surface area contributed by atoms with Crippen LogP contribution in [0, 0.1) is 5.82 Å². The van der Waals surface area contributed by atoms with Crippen molar-refractivity contribution in [3.05, 3.63) is 35.8 Å². The van der Waals surface area contributed by atoms with Gasteiger partial charge in [0, 0.05) is 10.9 Å². The number of carbonyl (C=O) groups is 1. The van der Waals surface area contributed by atoms with Crippen LogP contribution in [0.4, 0.5) is 4.39 Å². The molecule has 4 heteroatoms. The number of esters is 1. The van der Waals surface area contributed by atoms with E-state index in [1.807, 2.05) is 0 Å². The maximum absolute atomic E-state index is 13.4. The molecule has 1 aromatic carbocycles. The van der Waals surface area contributed by atoms with E-state index in [0.29, 0.717) is 23.1 Å². The number of carbonyl (C=O) groups excluding carboxylic acids is 1. The normalized spacial score (nSPS) is 12.6. The topological polar surface area (TPSA) is 39.4 Å². The zero-order valence-corrected chi connectivity index (χ0v) is 9.70. The van der Waals surface area contributed by atoms with Crippen molar-refractivity contribution in [3.8, 4) is 0 Å². The zero-order valence-electron chi connectivity index (χ0n) is 9.70. The quantitative estimate of drug-likeness (QED) is 0.768. The van der Waals surface area contributed by atoms with Gasteiger partial charge in [0.15, 0.2) is 0 Å². The summed E-state index contributed by atoms with van der Waals surface area (Å²) in [5.74, 6) is -1.31. The molecule has 17 heavy (non-hydrogen) atoms. The van der Waals surface area contributed by atoms with E-state index in [-0.39, 0.29) is 11.8 Å². The van der Waals surface area contributed by atoms with Crippen molar-refractivity contribution in [2.75, 3.05) is 6.61 Å². The third-order valence-electron chi connectivity index (χ3n) is 2.65. The van der Waals surface area contributed by atoms with Gasteiger partial charge in [0.1, 0.15) is 11.4 Å². The molecule has 3 nitrogen and oxygen atoms in total. The molecule has 0 aliphatic heterocycles. The summed E-state index contributed by atoms with van der Waals surface area (Å²) in [6.45, 7) is 3.72. The molecule has 0 aliphatic carbocycles. The van der Waals surface area contributed by atoms with Gasteiger partial charge in [0.05, 0.1) is 18.8 Å². The monoisotopic (exact) mass is 236 g/mol. The maximum atomic E-state index is 13.4. The van der Waals surface area contributed by atoms with E-state index in [2.05, 4.69) is 0 Å². The Kier molecular flexibility index (Phi) is 3.13. The Bertz CT molecular complexity index is 545. The van der Waals surface area contributed by atoms with E-state index in [4.69, 9.17) is 9.15 Å². The fraction of sp³-hybridized carbons (Fsp3) is 0.308. The summed E-state index contributed by atoms with van der Waals surface area (Å²) >= 11 is 0. The van der Waals surface area contributed by atoms with E-state index in [0.717, 1.165) is 0 Å². The number of hydrogen-bond donors (Lipinski definition) is 0. The minimum atomic E-state index is -0.542. The molecule has 0 N–H and O–H groups in total. The van der Waals surface area contributed by atoms with Crippen LogP contribution in [-0.2, 0) is 9.53 Å². The average Bonchev–Trinajstić information content (AvgIpc) is 2.75. The molecule has 0 spiro atoms. The summed E-state index contributed by atoms with van der Waals surface area (Å²) < 4.78 is 23.6. The molecule has 0 amide bonds. The van der Waals surface area contributed by atoms with Crippen LogP contribution in [0.2, 0.25) is 0 Å². The maximum Gasteiger partial charge on any atom is 0.313 e. The van der Waals surface area contributed by atoms with Crippen LogP contribution in [0.15, 0.2) is 28.9 Å². The van der Waals surface area contributed by atoms with Crippen LogP contribution in [0.1, 0.15) is 25.3 Å². The molecule has 2 aromatic rings. The molecule has 90 valence electrons. The van der Waals surface area contributed by atoms with Gasteiger partial charge >= 0.3 is 5.97 Å². The van der Waals surface area contributed by atoms with Crippen molar-refractivity contribution in [1.29, 1.82) is 0 Å². The number of hydrogen-bond acceptors (Lipinski definition) is 3. The van der Waals surface area contributed by atoms with E-state index >= 15 is 0 Å². The van der Waals surface area contributed by atoms with Crippen LogP contribution in [0.3, 0.4) is 0 Å². The molecule has 0 saturated heterocycles. The third-order valence-corrected chi connectivity index (χ3v) is 2.65. The lowest BCUT2D eigenvalue weighted by molar-refractivity contribution is -0.144. The highest BCUT2D eigenvalue weighted by atomic mass is 19.1. The lowest BCUT2D eigenvalue weighted by atomic mass is 9.99. The number of ether oxygens (including phenoxy) is 1. The first-order valence-corrected chi connectivity index (χ1v) is 5.46. The molecule has 0 aliphatic rings. The highest BCUT2D eigenvalue weighted by Crippen LogP contribution is 2.28. The minimum absolute atomic E-state index is 0.305. The Balaban J connectivity index is 2.46. The second kappa shape index (κ2) is 4.57. The second-order valence-electron chi connectivity index (χ2n) is 3.81. The Morgan fingerprint density at radius 3 is 3.00 bits per heavy atom. The van der Waals surface area contributed by atoms with Crippen LogP contribution in [-0.4, -0.2) is 12.6 Å². The van der Waals surface area contributed by atoms with Gasteiger partial charge in [-0.15, -0.1) is 0 Å². The Labute approximate surface area is 98.2 Å². The highest BCUT2D eigenvalue weighted by Gasteiger charge is 2.21. The Morgan fingerprint density at radius 2 is 2.29 bits per heavy atom. The van der Waals surface area contributed by atoms with Gasteiger partial charge in [-0.3, -0.25) is 4.79 Å². The molecule has 2 rings (SSSR count). The molecule has 1 aromatic heterocycles. The number of fused-ring (bicyclic) bond motifs is 1. The Morgan fingerprint density at radius 1 is 1.53 bits per heavy atom. The molecule has 0 bridgehead atoms. The summed E-state index contributed by atoms with van der Waals surface area (Å²) in [7, 11) is 0. The lowest BCUT2D eigenvalue weighted by Gasteiger charge is -2.11. The van der Waals surface area contributed by atoms with Gasteiger partial charge < -0.3 is 9.15 Å². The first kappa shape index (κ1) is 11.6. The third kappa shape index (κ3) is 2.16. The van der Waals surface area contributed by atoms with Crippen LogP contribution in [0.5, 0.6) is 0 Å². The molecular formula is C13H13FO3. The molecule has 1 heterocycles. The van der Waals surface area contributed by atoms with Gasteiger partial charge in [0.2, 0.25) is 0 Å². The lowest BCUT2D eigenvalue weighted by Crippen LogP contribution is -2.13. The van der Waals surface area contributed by atoms with Gasteiger partial charge in [-0.25, -0.2) is 4.39 Å². The second-order valence-corrected chi connectivity index (χ2v) is 3.81. The van der Waals surface area contributed by atoms with Crippen molar-refractivity contribution in [1.82, 2.24) is 0 Å². The number of halogens is 1. The standard InChI is InChI=1S/C13H13FO3/c1-3-16-13(15)8(2)11-7-10(14)6-9-4-5-17-12(9)11/h4-8H,3H2,1-2H3. The van der Waals surface area contributed by atoms with Crippen LogP contribution < -0.4 is 0 Å². The van der Waals surface area contributed by atoms with Crippen molar-refractivity contribution in [2.24, 2.45) is 0 Å². The van der Waals surface area contributed by atoms with Crippen LogP contribution >= 0.6 is 0 Å². The van der Waals surface area contributed by atoms with Gasteiger partial charge in [-0.1, -0.05) is 0 Å². The summed E-state index contributed by atoms with van der Waals surface area (Å²) in [6, 6.07) is 4.35. The zero-order chi connectivity index (χ0) is 12.4. The fourth-order valence-corrected chi connectivity index (χ4v) is 1.79. The highest BCUT2D eigenvalue weighted by molar-refractivity contribution is 5.87. The minimum Gasteiger partial charge on any atom is -0.466 e. The number of furan rings is 1. The Hall–Kier alpha value is -1.84. The van der Waals surface area contributed by atoms with Crippen molar-refractivity contribution in [3.63, 3.8) is 0 Å². The first-order valence-electron chi connectivity index (χ1n) is 5.46.